The van der Waals surface area contributed by atoms with Gasteiger partial charge >= 0.3 is 0 Å². The number of hydrogen-bond donors (Lipinski definition) is 2. The number of nitrogens with one attached hydrogen (secondary N) is 1. The number of nitrogens with zero attached hydrogens (tertiary/aromatic N) is 3. The Bertz CT molecular complexity index is 1050. The summed E-state index contributed by atoms with van der Waals surface area (Å²) in [4.78, 5) is 16.5. The van der Waals surface area contributed by atoms with Crippen LogP contribution in [-0.4, -0.2) is 25.9 Å². The SMILES string of the molecule is Cc1c(F)cccc1C(C(=O)NO)C1CCc2nn(-c3ncccc3F)cc21. The lowest BCUT2D eigenvalue weighted by Gasteiger charge is -2.24. The third-order valence-corrected chi connectivity index (χ3v) is 5.31. The summed E-state index contributed by atoms with van der Waals surface area (Å²) in [7, 11) is 0. The number of rotatable bonds is 4. The Balaban J connectivity index is 1.78. The van der Waals surface area contributed by atoms with Gasteiger partial charge in [-0.05, 0) is 54.7 Å². The zero-order chi connectivity index (χ0) is 19.8. The molecule has 2 N–H and O–H groups in total. The quantitative estimate of drug-likeness (QED) is 0.535. The second-order valence-corrected chi connectivity index (χ2v) is 6.84. The number of fused-ring (bicyclic) bond motifs is 1. The van der Waals surface area contributed by atoms with Gasteiger partial charge in [-0.3, -0.25) is 10.0 Å². The molecule has 2 heterocycles. The molecule has 1 aliphatic carbocycles. The molecule has 4 rings (SSSR count). The highest BCUT2D eigenvalue weighted by molar-refractivity contribution is 5.84. The van der Waals surface area contributed by atoms with E-state index in [2.05, 4.69) is 10.1 Å². The molecule has 0 saturated carbocycles. The summed E-state index contributed by atoms with van der Waals surface area (Å²) in [6.07, 6.45) is 4.33. The van der Waals surface area contributed by atoms with Crippen LogP contribution in [0.25, 0.3) is 5.82 Å². The molecule has 1 aliphatic rings. The third-order valence-electron chi connectivity index (χ3n) is 5.31. The Morgan fingerprint density at radius 2 is 2.07 bits per heavy atom. The van der Waals surface area contributed by atoms with Crippen LogP contribution in [0.3, 0.4) is 0 Å². The molecule has 8 heteroatoms. The van der Waals surface area contributed by atoms with Gasteiger partial charge in [-0.2, -0.15) is 5.10 Å². The lowest BCUT2D eigenvalue weighted by molar-refractivity contribution is -0.131. The Kier molecular flexibility index (Phi) is 4.64. The number of halogens is 2. The van der Waals surface area contributed by atoms with Crippen LogP contribution in [-0.2, 0) is 11.2 Å². The third kappa shape index (κ3) is 2.95. The first-order valence-electron chi connectivity index (χ1n) is 8.89. The van der Waals surface area contributed by atoms with E-state index in [1.54, 1.807) is 24.7 Å². The standard InChI is InChI=1S/C20H18F2N4O2/c1-11-12(4-2-5-15(11)21)18(20(27)25-28)13-7-8-17-14(13)10-26(24-17)19-16(22)6-3-9-23-19/h2-6,9-10,13,18,28H,7-8H2,1H3,(H,25,27). The van der Waals surface area contributed by atoms with Gasteiger partial charge in [0.25, 0.3) is 5.91 Å². The van der Waals surface area contributed by atoms with Crippen molar-refractivity contribution < 1.29 is 18.8 Å². The lowest BCUT2D eigenvalue weighted by Crippen LogP contribution is -2.30. The van der Waals surface area contributed by atoms with E-state index in [0.29, 0.717) is 24.0 Å². The Morgan fingerprint density at radius 3 is 2.82 bits per heavy atom. The minimum Gasteiger partial charge on any atom is -0.289 e. The van der Waals surface area contributed by atoms with E-state index in [1.165, 1.54) is 35.1 Å². The highest BCUT2D eigenvalue weighted by Crippen LogP contribution is 2.44. The molecule has 144 valence electrons. The van der Waals surface area contributed by atoms with Crippen molar-refractivity contribution in [2.75, 3.05) is 0 Å². The number of hydrogen-bond acceptors (Lipinski definition) is 4. The average molecular weight is 384 g/mol. The van der Waals surface area contributed by atoms with Gasteiger partial charge in [-0.1, -0.05) is 12.1 Å². The van der Waals surface area contributed by atoms with Gasteiger partial charge in [-0.25, -0.2) is 23.9 Å². The monoisotopic (exact) mass is 384 g/mol. The molecule has 0 bridgehead atoms. The van der Waals surface area contributed by atoms with Crippen LogP contribution >= 0.6 is 0 Å². The molecule has 28 heavy (non-hydrogen) atoms. The fourth-order valence-electron chi connectivity index (χ4n) is 3.95. The van der Waals surface area contributed by atoms with Crippen molar-refractivity contribution in [1.82, 2.24) is 20.2 Å². The number of amides is 1. The summed E-state index contributed by atoms with van der Waals surface area (Å²) in [5.41, 5.74) is 4.06. The summed E-state index contributed by atoms with van der Waals surface area (Å²) < 4.78 is 29.5. The van der Waals surface area contributed by atoms with Crippen LogP contribution in [0, 0.1) is 18.6 Å². The van der Waals surface area contributed by atoms with Crippen LogP contribution in [0.5, 0.6) is 0 Å². The van der Waals surface area contributed by atoms with E-state index in [4.69, 9.17) is 0 Å². The summed E-state index contributed by atoms with van der Waals surface area (Å²) >= 11 is 0. The number of aromatic nitrogens is 3. The number of benzene rings is 1. The van der Waals surface area contributed by atoms with Crippen LogP contribution in [0.4, 0.5) is 8.78 Å². The van der Waals surface area contributed by atoms with Crippen LogP contribution in [0.15, 0.2) is 42.7 Å². The molecule has 1 aromatic carbocycles. The van der Waals surface area contributed by atoms with E-state index in [0.717, 1.165) is 11.3 Å². The number of hydroxylamine groups is 1. The number of carbonyl (C=O) groups excluding carboxylic acids is 1. The minimum absolute atomic E-state index is 0.0701. The summed E-state index contributed by atoms with van der Waals surface area (Å²) in [5, 5.41) is 13.7. The number of aryl methyl sites for hydroxylation is 1. The zero-order valence-corrected chi connectivity index (χ0v) is 15.1. The predicted molar refractivity (Wildman–Crippen MR) is 96.2 cm³/mol. The fraction of sp³-hybridized carbons (Fsp3) is 0.250. The Labute approximate surface area is 159 Å². The number of pyridine rings is 1. The first-order valence-corrected chi connectivity index (χ1v) is 8.89. The maximum absolute atomic E-state index is 14.1. The van der Waals surface area contributed by atoms with E-state index in [9.17, 15) is 18.8 Å². The van der Waals surface area contributed by atoms with E-state index in [-0.39, 0.29) is 11.7 Å². The number of carbonyl (C=O) groups is 1. The van der Waals surface area contributed by atoms with E-state index < -0.39 is 23.5 Å². The molecule has 0 spiro atoms. The van der Waals surface area contributed by atoms with Crippen molar-refractivity contribution in [3.63, 3.8) is 0 Å². The largest absolute Gasteiger partial charge is 0.289 e. The van der Waals surface area contributed by atoms with Crippen molar-refractivity contribution in [3.05, 3.63) is 76.7 Å². The van der Waals surface area contributed by atoms with Gasteiger partial charge in [0.15, 0.2) is 11.6 Å². The first kappa shape index (κ1) is 18.2. The van der Waals surface area contributed by atoms with E-state index in [1.807, 2.05) is 0 Å². The Morgan fingerprint density at radius 1 is 1.29 bits per heavy atom. The average Bonchev–Trinajstić information content (AvgIpc) is 3.27. The normalized spacial score (nSPS) is 16.6. The molecule has 6 nitrogen and oxygen atoms in total. The molecule has 0 aliphatic heterocycles. The summed E-state index contributed by atoms with van der Waals surface area (Å²) in [6, 6.07) is 7.34. The topological polar surface area (TPSA) is 80.0 Å². The maximum atomic E-state index is 14.1. The molecular formula is C20H18F2N4O2. The molecule has 2 aromatic heterocycles. The molecule has 1 amide bonds. The summed E-state index contributed by atoms with van der Waals surface area (Å²) in [6.45, 7) is 1.60. The van der Waals surface area contributed by atoms with Crippen molar-refractivity contribution in [2.45, 2.75) is 31.6 Å². The van der Waals surface area contributed by atoms with Gasteiger partial charge in [0.2, 0.25) is 0 Å². The van der Waals surface area contributed by atoms with E-state index >= 15 is 0 Å². The van der Waals surface area contributed by atoms with Crippen LogP contribution < -0.4 is 5.48 Å². The van der Waals surface area contributed by atoms with Crippen LogP contribution in [0.1, 0.15) is 40.6 Å². The fourth-order valence-corrected chi connectivity index (χ4v) is 3.95. The first-order chi connectivity index (χ1) is 13.5. The predicted octanol–water partition coefficient (Wildman–Crippen LogP) is 3.17. The molecule has 2 atom stereocenters. The van der Waals surface area contributed by atoms with Gasteiger partial charge < -0.3 is 0 Å². The summed E-state index contributed by atoms with van der Waals surface area (Å²) in [5.74, 6) is -2.61. The van der Waals surface area contributed by atoms with Crippen molar-refractivity contribution >= 4 is 5.91 Å². The molecule has 0 fully saturated rings. The molecule has 2 unspecified atom stereocenters. The van der Waals surface area contributed by atoms with Gasteiger partial charge in [0, 0.05) is 18.3 Å². The highest BCUT2D eigenvalue weighted by Gasteiger charge is 2.38. The van der Waals surface area contributed by atoms with Crippen molar-refractivity contribution in [2.24, 2.45) is 0 Å². The Hall–Kier alpha value is -3.13. The zero-order valence-electron chi connectivity index (χ0n) is 15.1. The lowest BCUT2D eigenvalue weighted by atomic mass is 9.80. The maximum Gasteiger partial charge on any atom is 0.251 e. The van der Waals surface area contributed by atoms with Gasteiger partial charge in [0.1, 0.15) is 5.82 Å². The highest BCUT2D eigenvalue weighted by atomic mass is 19.1. The minimum atomic E-state index is -0.798. The molecule has 0 radical (unpaired) electrons. The van der Waals surface area contributed by atoms with Crippen LogP contribution in [0.2, 0.25) is 0 Å². The molecule has 3 aromatic rings. The van der Waals surface area contributed by atoms with Crippen molar-refractivity contribution in [3.8, 4) is 5.82 Å². The molecular weight excluding hydrogens is 366 g/mol. The molecule has 0 saturated heterocycles. The second-order valence-electron chi connectivity index (χ2n) is 6.84. The smallest absolute Gasteiger partial charge is 0.251 e. The van der Waals surface area contributed by atoms with Gasteiger partial charge in [-0.15, -0.1) is 0 Å². The van der Waals surface area contributed by atoms with Crippen molar-refractivity contribution in [1.29, 1.82) is 0 Å². The second kappa shape index (κ2) is 7.12. The van der Waals surface area contributed by atoms with Gasteiger partial charge in [0.05, 0.1) is 11.6 Å².